The Morgan fingerprint density at radius 3 is 2.00 bits per heavy atom. The van der Waals surface area contributed by atoms with Gasteiger partial charge >= 0.3 is 12.1 Å². The van der Waals surface area contributed by atoms with E-state index in [2.05, 4.69) is 0 Å². The zero-order valence-electron chi connectivity index (χ0n) is 14.9. The highest BCUT2D eigenvalue weighted by atomic mass is 16.6. The van der Waals surface area contributed by atoms with Gasteiger partial charge < -0.3 is 24.4 Å². The minimum Gasteiger partial charge on any atom is -0.481 e. The Bertz CT molecular complexity index is 564. The van der Waals surface area contributed by atoms with E-state index in [0.29, 0.717) is 32.6 Å². The minimum atomic E-state index is -0.960. The molecule has 0 aromatic rings. The van der Waals surface area contributed by atoms with Gasteiger partial charge in [-0.05, 0) is 33.6 Å². The summed E-state index contributed by atoms with van der Waals surface area (Å²) in [5, 5.41) is 9.46. The quantitative estimate of drug-likeness (QED) is 0.793. The SMILES string of the molecule is CC(C)(C)OC(=O)N1CCN(C(=O)C2C3CCC(O3)C2C(=O)O)CC1. The molecule has 0 aromatic heterocycles. The summed E-state index contributed by atoms with van der Waals surface area (Å²) in [7, 11) is 0. The molecule has 3 rings (SSSR count). The smallest absolute Gasteiger partial charge is 0.410 e. The molecule has 0 aromatic carbocycles. The Hall–Kier alpha value is -1.83. The number of fused-ring (bicyclic) bond motifs is 2. The third kappa shape index (κ3) is 3.58. The monoisotopic (exact) mass is 354 g/mol. The molecule has 0 aliphatic carbocycles. The van der Waals surface area contributed by atoms with Gasteiger partial charge in [-0.1, -0.05) is 0 Å². The van der Waals surface area contributed by atoms with Crippen molar-refractivity contribution in [2.45, 2.75) is 51.4 Å². The van der Waals surface area contributed by atoms with Crippen molar-refractivity contribution in [2.24, 2.45) is 11.8 Å². The molecule has 1 N–H and O–H groups in total. The highest BCUT2D eigenvalue weighted by Crippen LogP contribution is 2.44. The Kier molecular flexibility index (Phi) is 4.66. The predicted octanol–water partition coefficient (Wildman–Crippen LogP) is 0.944. The maximum absolute atomic E-state index is 12.9. The van der Waals surface area contributed by atoms with Crippen molar-refractivity contribution < 1.29 is 29.0 Å². The van der Waals surface area contributed by atoms with Crippen LogP contribution in [0.4, 0.5) is 4.79 Å². The summed E-state index contributed by atoms with van der Waals surface area (Å²) in [4.78, 5) is 39.7. The number of nitrogens with zero attached hydrogens (tertiary/aromatic N) is 2. The van der Waals surface area contributed by atoms with Crippen molar-refractivity contribution in [3.05, 3.63) is 0 Å². The standard InChI is InChI=1S/C17H26N2O6/c1-17(2,3)25-16(23)19-8-6-18(7-9-19)14(20)12-10-4-5-11(24-10)13(12)15(21)22/h10-13H,4-9H2,1-3H3,(H,21,22). The van der Waals surface area contributed by atoms with E-state index in [1.54, 1.807) is 9.80 Å². The number of rotatable bonds is 2. The van der Waals surface area contributed by atoms with Crippen LogP contribution < -0.4 is 0 Å². The largest absolute Gasteiger partial charge is 0.481 e. The van der Waals surface area contributed by atoms with Gasteiger partial charge in [-0.2, -0.15) is 0 Å². The lowest BCUT2D eigenvalue weighted by molar-refractivity contribution is -0.151. The Balaban J connectivity index is 1.59. The van der Waals surface area contributed by atoms with Crippen LogP contribution in [0.2, 0.25) is 0 Å². The molecule has 2 amide bonds. The van der Waals surface area contributed by atoms with Crippen LogP contribution in [-0.2, 0) is 19.1 Å². The first-order valence-corrected chi connectivity index (χ1v) is 8.82. The normalized spacial score (nSPS) is 32.0. The topological polar surface area (TPSA) is 96.4 Å². The van der Waals surface area contributed by atoms with Gasteiger partial charge in [0, 0.05) is 26.2 Å². The predicted molar refractivity (Wildman–Crippen MR) is 86.9 cm³/mol. The number of carboxylic acids is 1. The van der Waals surface area contributed by atoms with E-state index >= 15 is 0 Å². The number of carbonyl (C=O) groups is 3. The number of piperazine rings is 1. The van der Waals surface area contributed by atoms with Crippen molar-refractivity contribution in [1.29, 1.82) is 0 Å². The van der Waals surface area contributed by atoms with E-state index < -0.39 is 23.4 Å². The zero-order chi connectivity index (χ0) is 18.4. The number of carboxylic acid groups (broad SMARTS) is 1. The third-order valence-electron chi connectivity index (χ3n) is 5.09. The molecule has 4 atom stereocenters. The van der Waals surface area contributed by atoms with E-state index in [1.165, 1.54) is 0 Å². The number of amides is 2. The molecule has 25 heavy (non-hydrogen) atoms. The van der Waals surface area contributed by atoms with Gasteiger partial charge in [0.1, 0.15) is 5.60 Å². The summed E-state index contributed by atoms with van der Waals surface area (Å²) in [6.07, 6.45) is 0.425. The average molecular weight is 354 g/mol. The fraction of sp³-hybridized carbons (Fsp3) is 0.824. The minimum absolute atomic E-state index is 0.163. The zero-order valence-corrected chi connectivity index (χ0v) is 14.9. The third-order valence-corrected chi connectivity index (χ3v) is 5.09. The highest BCUT2D eigenvalue weighted by molar-refractivity contribution is 5.87. The van der Waals surface area contributed by atoms with Gasteiger partial charge in [0.25, 0.3) is 0 Å². The summed E-state index contributed by atoms with van der Waals surface area (Å²) in [5.74, 6) is -2.49. The first-order chi connectivity index (χ1) is 11.7. The van der Waals surface area contributed by atoms with E-state index in [4.69, 9.17) is 9.47 Å². The Morgan fingerprint density at radius 1 is 0.960 bits per heavy atom. The van der Waals surface area contributed by atoms with Gasteiger partial charge in [-0.25, -0.2) is 4.79 Å². The van der Waals surface area contributed by atoms with E-state index in [1.807, 2.05) is 20.8 Å². The fourth-order valence-electron chi connectivity index (χ4n) is 3.95. The molecule has 4 unspecified atom stereocenters. The first-order valence-electron chi connectivity index (χ1n) is 8.82. The summed E-state index contributed by atoms with van der Waals surface area (Å²) in [5.41, 5.74) is -0.556. The van der Waals surface area contributed by atoms with Gasteiger partial charge in [0.2, 0.25) is 5.91 Å². The molecule has 3 heterocycles. The van der Waals surface area contributed by atoms with Crippen LogP contribution >= 0.6 is 0 Å². The van der Waals surface area contributed by atoms with Crippen LogP contribution in [0.25, 0.3) is 0 Å². The van der Waals surface area contributed by atoms with Gasteiger partial charge in [-0.15, -0.1) is 0 Å². The molecule has 8 nitrogen and oxygen atoms in total. The molecule has 2 bridgehead atoms. The van der Waals surface area contributed by atoms with Gasteiger partial charge in [0.15, 0.2) is 0 Å². The highest BCUT2D eigenvalue weighted by Gasteiger charge is 2.56. The maximum Gasteiger partial charge on any atom is 0.410 e. The van der Waals surface area contributed by atoms with E-state index in [-0.39, 0.29) is 24.2 Å². The van der Waals surface area contributed by atoms with Crippen molar-refractivity contribution in [1.82, 2.24) is 9.80 Å². The summed E-state index contributed by atoms with van der Waals surface area (Å²) in [6, 6.07) is 0. The summed E-state index contributed by atoms with van der Waals surface area (Å²) in [6.45, 7) is 6.99. The van der Waals surface area contributed by atoms with Crippen molar-refractivity contribution >= 4 is 18.0 Å². The average Bonchev–Trinajstić information content (AvgIpc) is 3.13. The number of ether oxygens (including phenoxy) is 2. The molecule has 3 saturated heterocycles. The van der Waals surface area contributed by atoms with Crippen molar-refractivity contribution in [2.75, 3.05) is 26.2 Å². The number of carbonyl (C=O) groups excluding carboxylic acids is 2. The van der Waals surface area contributed by atoms with E-state index in [0.717, 1.165) is 6.42 Å². The lowest BCUT2D eigenvalue weighted by Crippen LogP contribution is -2.55. The number of aliphatic carboxylic acids is 1. The first kappa shape index (κ1) is 18.0. The van der Waals surface area contributed by atoms with E-state index in [9.17, 15) is 19.5 Å². The molecular weight excluding hydrogens is 328 g/mol. The lowest BCUT2D eigenvalue weighted by Gasteiger charge is -2.38. The summed E-state index contributed by atoms with van der Waals surface area (Å²) >= 11 is 0. The van der Waals surface area contributed by atoms with Gasteiger partial charge in [-0.3, -0.25) is 9.59 Å². The molecule has 0 spiro atoms. The molecule has 8 heteroatoms. The molecule has 0 saturated carbocycles. The van der Waals surface area contributed by atoms with Crippen LogP contribution in [0, 0.1) is 11.8 Å². The van der Waals surface area contributed by atoms with Gasteiger partial charge in [0.05, 0.1) is 24.0 Å². The number of hydrogen-bond donors (Lipinski definition) is 1. The lowest BCUT2D eigenvalue weighted by atomic mass is 9.78. The molecule has 3 fully saturated rings. The second-order valence-corrected chi connectivity index (χ2v) is 7.97. The Labute approximate surface area is 147 Å². The second kappa shape index (κ2) is 6.48. The van der Waals surface area contributed by atoms with Crippen LogP contribution in [0.5, 0.6) is 0 Å². The maximum atomic E-state index is 12.9. The molecule has 3 aliphatic heterocycles. The van der Waals surface area contributed by atoms with Crippen molar-refractivity contribution in [3.8, 4) is 0 Å². The molecular formula is C17H26N2O6. The summed E-state index contributed by atoms with van der Waals surface area (Å²) < 4.78 is 11.0. The van der Waals surface area contributed by atoms with Crippen LogP contribution in [0.1, 0.15) is 33.6 Å². The fourth-order valence-corrected chi connectivity index (χ4v) is 3.95. The second-order valence-electron chi connectivity index (χ2n) is 7.97. The van der Waals surface area contributed by atoms with Crippen LogP contribution in [-0.4, -0.2) is 76.9 Å². The molecule has 140 valence electrons. The van der Waals surface area contributed by atoms with Crippen LogP contribution in [0.3, 0.4) is 0 Å². The Morgan fingerprint density at radius 2 is 1.48 bits per heavy atom. The van der Waals surface area contributed by atoms with Crippen molar-refractivity contribution in [3.63, 3.8) is 0 Å². The molecule has 3 aliphatic rings. The molecule has 0 radical (unpaired) electrons. The number of hydrogen-bond acceptors (Lipinski definition) is 5. The van der Waals surface area contributed by atoms with Crippen LogP contribution in [0.15, 0.2) is 0 Å².